The molecule has 1 atom stereocenters. The van der Waals surface area contributed by atoms with Gasteiger partial charge in [0.25, 0.3) is 10.1 Å². The van der Waals surface area contributed by atoms with E-state index in [2.05, 4.69) is 13.8 Å². The van der Waals surface area contributed by atoms with Gasteiger partial charge in [0.2, 0.25) is 0 Å². The summed E-state index contributed by atoms with van der Waals surface area (Å²) >= 11 is 0. The van der Waals surface area contributed by atoms with E-state index in [1.165, 1.54) is 62.6 Å². The molecule has 0 saturated carbocycles. The van der Waals surface area contributed by atoms with E-state index in [4.69, 9.17) is 4.55 Å². The molecule has 0 heterocycles. The maximum atomic E-state index is 11.1. The minimum atomic E-state index is -4.09. The molecule has 0 fully saturated rings. The fourth-order valence-electron chi connectivity index (χ4n) is 2.83. The molecule has 1 rings (SSSR count). The van der Waals surface area contributed by atoms with Crippen molar-refractivity contribution in [1.82, 2.24) is 0 Å². The molecule has 3 nitrogen and oxygen atoms in total. The summed E-state index contributed by atoms with van der Waals surface area (Å²) < 4.78 is 31.3. The van der Waals surface area contributed by atoms with E-state index in [9.17, 15) is 8.42 Å². The molecule has 128 valence electrons. The Labute approximate surface area is 164 Å². The second-order valence-electron chi connectivity index (χ2n) is 6.09. The summed E-state index contributed by atoms with van der Waals surface area (Å²) in [6, 6.07) is 6.74. The molecular weight excluding hydrogens is 319 g/mol. The van der Waals surface area contributed by atoms with Crippen molar-refractivity contribution in [3.63, 3.8) is 0 Å². The van der Waals surface area contributed by atoms with Crippen molar-refractivity contribution in [1.29, 1.82) is 0 Å². The van der Waals surface area contributed by atoms with Gasteiger partial charge >= 0.3 is 29.6 Å². The Morgan fingerprint density at radius 2 is 1.39 bits per heavy atom. The van der Waals surface area contributed by atoms with Crippen molar-refractivity contribution in [2.24, 2.45) is 0 Å². The quantitative estimate of drug-likeness (QED) is 0.350. The first-order valence-corrected chi connectivity index (χ1v) is 10.0. The van der Waals surface area contributed by atoms with Gasteiger partial charge in [0.05, 0.1) is 4.90 Å². The van der Waals surface area contributed by atoms with Crippen LogP contribution in [-0.4, -0.2) is 42.5 Å². The average Bonchev–Trinajstić information content (AvgIpc) is 2.49. The molecule has 0 amide bonds. The zero-order chi connectivity index (χ0) is 16.4. The van der Waals surface area contributed by atoms with E-state index in [1.807, 2.05) is 12.1 Å². The van der Waals surface area contributed by atoms with E-state index >= 15 is 0 Å². The second-order valence-corrected chi connectivity index (χ2v) is 7.51. The average molecular weight is 350 g/mol. The fraction of sp³-hybridized carbons (Fsp3) is 0.667. The predicted molar refractivity (Wildman–Crippen MR) is 99.0 cm³/mol. The number of benzene rings is 1. The van der Waals surface area contributed by atoms with Crippen molar-refractivity contribution < 1.29 is 13.0 Å². The van der Waals surface area contributed by atoms with Crippen LogP contribution in [0.3, 0.4) is 0 Å². The second kappa shape index (κ2) is 12.5. The van der Waals surface area contributed by atoms with Gasteiger partial charge < -0.3 is 0 Å². The molecule has 23 heavy (non-hydrogen) atoms. The maximum absolute atomic E-state index is 11.1. The summed E-state index contributed by atoms with van der Waals surface area (Å²) in [5.74, 6) is 0.497. The molecule has 1 aromatic rings. The Bertz CT molecular complexity index is 512. The van der Waals surface area contributed by atoms with Crippen LogP contribution in [0.25, 0.3) is 0 Å². The minimum absolute atomic E-state index is 0. The first-order chi connectivity index (χ1) is 10.5. The molecule has 5 heteroatoms. The topological polar surface area (TPSA) is 54.4 Å². The van der Waals surface area contributed by atoms with Crippen LogP contribution in [0.5, 0.6) is 0 Å². The Morgan fingerprint density at radius 3 is 1.91 bits per heavy atom. The third-order valence-electron chi connectivity index (χ3n) is 4.21. The standard InChI is InChI=1S/C18H30O3S.Na.H/c1-3-5-7-8-9-11-16(10-6-4-2)17-12-14-18(15-13-17)22(19,20)21;;/h12-16H,3-11H2,1-2H3,(H,19,20,21);;. The zero-order valence-corrected chi connectivity index (χ0v) is 14.7. The van der Waals surface area contributed by atoms with Gasteiger partial charge in [-0.15, -0.1) is 0 Å². The summed E-state index contributed by atoms with van der Waals surface area (Å²) in [6.45, 7) is 4.42. The third-order valence-corrected chi connectivity index (χ3v) is 5.08. The fourth-order valence-corrected chi connectivity index (χ4v) is 3.31. The molecule has 0 aromatic heterocycles. The molecular formula is C18H31NaO3S. The van der Waals surface area contributed by atoms with Gasteiger partial charge in [-0.3, -0.25) is 4.55 Å². The zero-order valence-electron chi connectivity index (χ0n) is 13.9. The van der Waals surface area contributed by atoms with Gasteiger partial charge in [-0.1, -0.05) is 70.9 Å². The van der Waals surface area contributed by atoms with Crippen molar-refractivity contribution in [3.05, 3.63) is 29.8 Å². The van der Waals surface area contributed by atoms with E-state index in [0.717, 1.165) is 12.8 Å². The molecule has 1 aromatic carbocycles. The van der Waals surface area contributed by atoms with Gasteiger partial charge in [0, 0.05) is 0 Å². The Hall–Kier alpha value is 0.130. The van der Waals surface area contributed by atoms with Crippen LogP contribution in [0, 0.1) is 0 Å². The van der Waals surface area contributed by atoms with Crippen molar-refractivity contribution >= 4 is 39.7 Å². The van der Waals surface area contributed by atoms with Crippen LogP contribution >= 0.6 is 0 Å². The van der Waals surface area contributed by atoms with Crippen molar-refractivity contribution in [3.8, 4) is 0 Å². The molecule has 0 radical (unpaired) electrons. The van der Waals surface area contributed by atoms with Gasteiger partial charge in [-0.2, -0.15) is 8.42 Å². The van der Waals surface area contributed by atoms with Crippen LogP contribution in [0.1, 0.15) is 83.1 Å². The van der Waals surface area contributed by atoms with E-state index in [-0.39, 0.29) is 34.5 Å². The summed E-state index contributed by atoms with van der Waals surface area (Å²) in [5, 5.41) is 0. The van der Waals surface area contributed by atoms with E-state index in [1.54, 1.807) is 0 Å². The molecule has 0 spiro atoms. The first kappa shape index (κ1) is 23.1. The molecule has 0 bridgehead atoms. The Kier molecular flexibility index (Phi) is 12.6. The summed E-state index contributed by atoms with van der Waals surface area (Å²) in [6.07, 6.45) is 11.1. The Morgan fingerprint density at radius 1 is 0.870 bits per heavy atom. The van der Waals surface area contributed by atoms with Crippen molar-refractivity contribution in [2.45, 2.75) is 82.4 Å². The van der Waals surface area contributed by atoms with Gasteiger partial charge in [0.15, 0.2) is 0 Å². The number of hydrogen-bond donors (Lipinski definition) is 1. The molecule has 0 aliphatic carbocycles. The summed E-state index contributed by atoms with van der Waals surface area (Å²) in [5.41, 5.74) is 1.19. The van der Waals surface area contributed by atoms with Crippen LogP contribution in [0.4, 0.5) is 0 Å². The number of unbranched alkanes of at least 4 members (excludes halogenated alkanes) is 5. The van der Waals surface area contributed by atoms with Crippen LogP contribution in [-0.2, 0) is 10.1 Å². The first-order valence-electron chi connectivity index (χ1n) is 8.56. The molecule has 0 aliphatic heterocycles. The normalized spacial score (nSPS) is 12.7. The van der Waals surface area contributed by atoms with Gasteiger partial charge in [-0.25, -0.2) is 0 Å². The Balaban J connectivity index is 0.00000484. The summed E-state index contributed by atoms with van der Waals surface area (Å²) in [7, 11) is -4.09. The van der Waals surface area contributed by atoms with E-state index < -0.39 is 10.1 Å². The van der Waals surface area contributed by atoms with Crippen LogP contribution < -0.4 is 0 Å². The van der Waals surface area contributed by atoms with Crippen LogP contribution in [0.2, 0.25) is 0 Å². The number of rotatable bonds is 11. The van der Waals surface area contributed by atoms with E-state index in [0.29, 0.717) is 5.92 Å². The SMILES string of the molecule is CCCCCCCC(CCCC)c1ccc(S(=O)(=O)O)cc1.[NaH]. The number of hydrogen-bond acceptors (Lipinski definition) is 2. The monoisotopic (exact) mass is 350 g/mol. The predicted octanol–water partition coefficient (Wildman–Crippen LogP) is 4.92. The molecule has 1 unspecified atom stereocenters. The molecule has 0 aliphatic rings. The van der Waals surface area contributed by atoms with Crippen LogP contribution in [0.15, 0.2) is 29.2 Å². The van der Waals surface area contributed by atoms with Gasteiger partial charge in [-0.05, 0) is 36.5 Å². The summed E-state index contributed by atoms with van der Waals surface area (Å²) in [4.78, 5) is -0.0200. The molecule has 1 N–H and O–H groups in total. The third kappa shape index (κ3) is 9.25. The van der Waals surface area contributed by atoms with Crippen molar-refractivity contribution in [2.75, 3.05) is 0 Å². The van der Waals surface area contributed by atoms with Gasteiger partial charge in [0.1, 0.15) is 0 Å². The molecule has 0 saturated heterocycles.